The first-order valence-corrected chi connectivity index (χ1v) is 5.50. The Bertz CT molecular complexity index is 427. The summed E-state index contributed by atoms with van der Waals surface area (Å²) in [7, 11) is -3.96. The van der Waals surface area contributed by atoms with Gasteiger partial charge in [-0.2, -0.15) is 0 Å². The summed E-state index contributed by atoms with van der Waals surface area (Å²) in [5.74, 6) is -1.95. The average molecular weight is 237 g/mol. The molecule has 0 heterocycles. The lowest BCUT2D eigenvalue weighted by atomic mass is 10.3. The molecule has 1 aromatic rings. The number of aliphatic hydroxyl groups is 1. The van der Waals surface area contributed by atoms with Crippen molar-refractivity contribution in [3.8, 4) is 0 Å². The zero-order valence-corrected chi connectivity index (χ0v) is 8.39. The molecule has 1 aromatic carbocycles. The highest BCUT2D eigenvalue weighted by molar-refractivity contribution is 7.89. The van der Waals surface area contributed by atoms with Gasteiger partial charge in [0.25, 0.3) is 0 Å². The summed E-state index contributed by atoms with van der Waals surface area (Å²) in [6.45, 7) is -0.600. The van der Waals surface area contributed by atoms with Crippen molar-refractivity contribution in [1.29, 1.82) is 0 Å². The van der Waals surface area contributed by atoms with Crippen molar-refractivity contribution < 1.29 is 22.3 Å². The minimum atomic E-state index is -3.96. The Morgan fingerprint density at radius 2 is 1.73 bits per heavy atom. The van der Waals surface area contributed by atoms with Gasteiger partial charge in [0.1, 0.15) is 11.6 Å². The van der Waals surface area contributed by atoms with Crippen molar-refractivity contribution in [3.63, 3.8) is 0 Å². The molecule has 0 aromatic heterocycles. The summed E-state index contributed by atoms with van der Waals surface area (Å²) < 4.78 is 50.0. The molecule has 0 saturated heterocycles. The summed E-state index contributed by atoms with van der Waals surface area (Å²) in [6, 6.07) is 1.97. The lowest BCUT2D eigenvalue weighted by Crippen LogP contribution is -2.26. The fourth-order valence-electron chi connectivity index (χ4n) is 0.947. The Morgan fingerprint density at radius 1 is 1.20 bits per heavy atom. The molecule has 7 heteroatoms. The maximum Gasteiger partial charge on any atom is 0.240 e. The predicted molar refractivity (Wildman–Crippen MR) is 48.6 cm³/mol. The quantitative estimate of drug-likeness (QED) is 0.788. The zero-order valence-electron chi connectivity index (χ0n) is 7.57. The number of rotatable bonds is 4. The molecule has 0 unspecified atom stereocenters. The summed E-state index contributed by atoms with van der Waals surface area (Å²) in [5, 5.41) is 8.41. The van der Waals surface area contributed by atoms with E-state index in [1.807, 2.05) is 4.72 Å². The van der Waals surface area contributed by atoms with Crippen LogP contribution in [0.1, 0.15) is 0 Å². The van der Waals surface area contributed by atoms with Crippen molar-refractivity contribution in [2.75, 3.05) is 13.2 Å². The molecule has 0 aliphatic rings. The van der Waals surface area contributed by atoms with Crippen LogP contribution in [0.5, 0.6) is 0 Å². The van der Waals surface area contributed by atoms with E-state index in [1.165, 1.54) is 0 Å². The van der Waals surface area contributed by atoms with Crippen LogP contribution >= 0.6 is 0 Å². The van der Waals surface area contributed by atoms with Crippen LogP contribution in [0.4, 0.5) is 8.78 Å². The minimum Gasteiger partial charge on any atom is -0.395 e. The van der Waals surface area contributed by atoms with E-state index in [2.05, 4.69) is 0 Å². The molecule has 0 fully saturated rings. The Hall–Kier alpha value is -1.05. The molecule has 1 rings (SSSR count). The van der Waals surface area contributed by atoms with Gasteiger partial charge < -0.3 is 5.11 Å². The monoisotopic (exact) mass is 237 g/mol. The van der Waals surface area contributed by atoms with Gasteiger partial charge in [0, 0.05) is 12.6 Å². The maximum absolute atomic E-state index is 12.7. The largest absolute Gasteiger partial charge is 0.395 e. The highest BCUT2D eigenvalue weighted by Crippen LogP contribution is 2.12. The second-order valence-electron chi connectivity index (χ2n) is 2.73. The summed E-state index contributed by atoms with van der Waals surface area (Å²) >= 11 is 0. The van der Waals surface area contributed by atoms with Crippen LogP contribution in [-0.2, 0) is 10.0 Å². The molecule has 0 atom stereocenters. The molecule has 4 nitrogen and oxygen atoms in total. The molecule has 0 amide bonds. The molecule has 0 spiro atoms. The third-order valence-electron chi connectivity index (χ3n) is 1.55. The first-order valence-electron chi connectivity index (χ1n) is 4.02. The molecule has 15 heavy (non-hydrogen) atoms. The normalized spacial score (nSPS) is 11.7. The molecule has 0 aliphatic heterocycles. The van der Waals surface area contributed by atoms with Crippen LogP contribution in [-0.4, -0.2) is 26.7 Å². The minimum absolute atomic E-state index is 0.208. The van der Waals surface area contributed by atoms with E-state index in [1.54, 1.807) is 0 Å². The van der Waals surface area contributed by atoms with Crippen molar-refractivity contribution in [2.45, 2.75) is 4.90 Å². The van der Waals surface area contributed by atoms with E-state index in [4.69, 9.17) is 5.11 Å². The highest BCUT2D eigenvalue weighted by atomic mass is 32.2. The van der Waals surface area contributed by atoms with Crippen molar-refractivity contribution >= 4 is 10.0 Å². The molecule has 0 saturated carbocycles. The van der Waals surface area contributed by atoms with Gasteiger partial charge in [-0.1, -0.05) is 0 Å². The maximum atomic E-state index is 12.7. The Morgan fingerprint density at radius 3 is 2.20 bits per heavy atom. The molecule has 0 radical (unpaired) electrons. The number of sulfonamides is 1. The van der Waals surface area contributed by atoms with E-state index < -0.39 is 33.2 Å². The van der Waals surface area contributed by atoms with Crippen LogP contribution in [0.25, 0.3) is 0 Å². The number of hydrogen-bond acceptors (Lipinski definition) is 3. The van der Waals surface area contributed by atoms with Gasteiger partial charge in [-0.3, -0.25) is 0 Å². The van der Waals surface area contributed by atoms with E-state index >= 15 is 0 Å². The highest BCUT2D eigenvalue weighted by Gasteiger charge is 2.15. The summed E-state index contributed by atoms with van der Waals surface area (Å²) in [6.07, 6.45) is 0. The lowest BCUT2D eigenvalue weighted by Gasteiger charge is -2.05. The van der Waals surface area contributed by atoms with Gasteiger partial charge in [0.05, 0.1) is 11.5 Å². The first kappa shape index (κ1) is 12.0. The van der Waals surface area contributed by atoms with Crippen LogP contribution in [0, 0.1) is 11.6 Å². The molecule has 0 aliphatic carbocycles. The third-order valence-corrected chi connectivity index (χ3v) is 2.99. The fourth-order valence-corrected chi connectivity index (χ4v) is 2.01. The van der Waals surface area contributed by atoms with Gasteiger partial charge in [0.2, 0.25) is 10.0 Å². The Kier molecular flexibility index (Phi) is 3.72. The zero-order chi connectivity index (χ0) is 11.5. The number of halogens is 2. The van der Waals surface area contributed by atoms with Gasteiger partial charge >= 0.3 is 0 Å². The van der Waals surface area contributed by atoms with Gasteiger partial charge in [-0.05, 0) is 12.1 Å². The molecular weight excluding hydrogens is 228 g/mol. The number of nitrogens with one attached hydrogen (secondary N) is 1. The first-order chi connectivity index (χ1) is 6.95. The van der Waals surface area contributed by atoms with E-state index in [9.17, 15) is 17.2 Å². The number of aliphatic hydroxyl groups excluding tert-OH is 1. The standard InChI is InChI=1S/C8H9F2NO3S/c9-6-3-7(10)5-8(4-6)15(13,14)11-1-2-12/h3-5,11-12H,1-2H2. The molecule has 0 bridgehead atoms. The Balaban J connectivity index is 3.04. The number of hydrogen-bond donors (Lipinski definition) is 2. The second-order valence-corrected chi connectivity index (χ2v) is 4.49. The predicted octanol–water partition coefficient (Wildman–Crippen LogP) is 0.235. The van der Waals surface area contributed by atoms with Crippen molar-refractivity contribution in [3.05, 3.63) is 29.8 Å². The fraction of sp³-hybridized carbons (Fsp3) is 0.250. The van der Waals surface area contributed by atoms with Crippen LogP contribution in [0.2, 0.25) is 0 Å². The number of benzene rings is 1. The smallest absolute Gasteiger partial charge is 0.240 e. The van der Waals surface area contributed by atoms with E-state index in [0.717, 1.165) is 0 Å². The molecule has 2 N–H and O–H groups in total. The topological polar surface area (TPSA) is 66.4 Å². The van der Waals surface area contributed by atoms with Gasteiger partial charge in [-0.15, -0.1) is 0 Å². The van der Waals surface area contributed by atoms with Gasteiger partial charge in [-0.25, -0.2) is 21.9 Å². The second kappa shape index (κ2) is 4.65. The van der Waals surface area contributed by atoms with E-state index in [-0.39, 0.29) is 6.54 Å². The van der Waals surface area contributed by atoms with Crippen molar-refractivity contribution in [2.24, 2.45) is 0 Å². The average Bonchev–Trinajstić information content (AvgIpc) is 2.13. The van der Waals surface area contributed by atoms with Crippen LogP contribution in [0.3, 0.4) is 0 Å². The van der Waals surface area contributed by atoms with Crippen LogP contribution < -0.4 is 4.72 Å². The lowest BCUT2D eigenvalue weighted by molar-refractivity contribution is 0.301. The van der Waals surface area contributed by atoms with Crippen molar-refractivity contribution in [1.82, 2.24) is 4.72 Å². The molecular formula is C8H9F2NO3S. The van der Waals surface area contributed by atoms with Crippen LogP contribution in [0.15, 0.2) is 23.1 Å². The molecule has 84 valence electrons. The van der Waals surface area contributed by atoms with Gasteiger partial charge in [0.15, 0.2) is 0 Å². The Labute approximate surface area is 85.6 Å². The SMILES string of the molecule is O=S(=O)(NCCO)c1cc(F)cc(F)c1. The summed E-state index contributed by atoms with van der Waals surface area (Å²) in [4.78, 5) is -0.506. The summed E-state index contributed by atoms with van der Waals surface area (Å²) in [5.41, 5.74) is 0. The van der Waals surface area contributed by atoms with E-state index in [0.29, 0.717) is 18.2 Å². The third kappa shape index (κ3) is 3.22.